The number of benzene rings is 4. The molecule has 52 heavy (non-hydrogen) atoms. The van der Waals surface area contributed by atoms with Gasteiger partial charge in [-0.15, -0.1) is 34.9 Å². The van der Waals surface area contributed by atoms with Crippen LogP contribution in [0.1, 0.15) is 105 Å². The molecule has 1 aliphatic rings. The molecule has 0 spiro atoms. The summed E-state index contributed by atoms with van der Waals surface area (Å²) in [6.07, 6.45) is 1.94. The van der Waals surface area contributed by atoms with Gasteiger partial charge in [0, 0.05) is 43.0 Å². The van der Waals surface area contributed by atoms with Gasteiger partial charge in [-0.2, -0.15) is 0 Å². The summed E-state index contributed by atoms with van der Waals surface area (Å²) in [6.45, 7) is 27.6. The van der Waals surface area contributed by atoms with Crippen LogP contribution in [-0.4, -0.2) is 19.9 Å². The predicted molar refractivity (Wildman–Crippen MR) is 213 cm³/mol. The Morgan fingerprint density at radius 1 is 0.558 bits per heavy atom. The molecule has 5 heteroatoms. The molecule has 0 fully saturated rings. The fourth-order valence-corrected chi connectivity index (χ4v) is 7.70. The topological polar surface area (TPSA) is 51.6 Å². The molecule has 7 rings (SSSR count). The van der Waals surface area contributed by atoms with Crippen LogP contribution in [0.15, 0.2) is 91.1 Å². The van der Waals surface area contributed by atoms with Crippen molar-refractivity contribution < 1.29 is 20.1 Å². The van der Waals surface area contributed by atoms with Gasteiger partial charge in [0.2, 0.25) is 0 Å². The van der Waals surface area contributed by atoms with Crippen LogP contribution in [0.2, 0.25) is 0 Å². The zero-order valence-electron chi connectivity index (χ0n) is 32.8. The van der Waals surface area contributed by atoms with Crippen LogP contribution in [0.4, 0.5) is 0 Å². The first-order chi connectivity index (χ1) is 23.8. The van der Waals surface area contributed by atoms with E-state index in [0.29, 0.717) is 17.5 Å². The summed E-state index contributed by atoms with van der Waals surface area (Å²) in [5.41, 5.74) is 10.2. The van der Waals surface area contributed by atoms with E-state index in [-0.39, 0.29) is 47.2 Å². The van der Waals surface area contributed by atoms with E-state index < -0.39 is 0 Å². The van der Waals surface area contributed by atoms with Gasteiger partial charge in [-0.3, -0.25) is 0 Å². The minimum atomic E-state index is -0.0146. The maximum absolute atomic E-state index is 5.15. The van der Waals surface area contributed by atoms with Crippen LogP contribution in [0.3, 0.4) is 0 Å². The zero-order chi connectivity index (χ0) is 36.7. The molecule has 4 nitrogen and oxygen atoms in total. The summed E-state index contributed by atoms with van der Waals surface area (Å²) in [5, 5.41) is 2.10. The molecule has 2 aromatic heterocycles. The summed E-state index contributed by atoms with van der Waals surface area (Å²) in [7, 11) is 0. The SMILES string of the molecule is CC(C)(C)c1ccc(-c2nc(-c3ccc(C(C)(C)C)cc3)nc(-c3cnc(-c4[c-]cc5c(c4)C(C)(C)C(C)(C)C5(C)C)c4ccccc34)n2)cc1.[Ir]. The van der Waals surface area contributed by atoms with E-state index in [0.717, 1.165) is 38.7 Å². The summed E-state index contributed by atoms with van der Waals surface area (Å²) in [5.74, 6) is 1.89. The average Bonchev–Trinajstić information content (AvgIpc) is 3.20. The smallest absolute Gasteiger partial charge is 0.166 e. The number of hydrogen-bond acceptors (Lipinski definition) is 4. The molecule has 4 aromatic carbocycles. The minimum absolute atomic E-state index is 0. The second kappa shape index (κ2) is 12.8. The number of nitrogens with zero attached hydrogens (tertiary/aromatic N) is 4. The fraction of sp³-hybridized carbons (Fsp3) is 0.362. The zero-order valence-corrected chi connectivity index (χ0v) is 35.2. The number of fused-ring (bicyclic) bond motifs is 2. The second-order valence-corrected chi connectivity index (χ2v) is 18.1. The van der Waals surface area contributed by atoms with Crippen molar-refractivity contribution in [1.82, 2.24) is 19.9 Å². The van der Waals surface area contributed by atoms with Gasteiger partial charge in [-0.1, -0.05) is 156 Å². The monoisotopic (exact) mass is 864 g/mol. The van der Waals surface area contributed by atoms with E-state index in [1.165, 1.54) is 22.3 Å². The van der Waals surface area contributed by atoms with Crippen molar-refractivity contribution in [2.75, 3.05) is 0 Å². The molecule has 269 valence electrons. The van der Waals surface area contributed by atoms with Crippen molar-refractivity contribution in [2.24, 2.45) is 5.41 Å². The Labute approximate surface area is 324 Å². The molecule has 0 amide bonds. The van der Waals surface area contributed by atoms with Crippen LogP contribution in [0.5, 0.6) is 0 Å². The maximum atomic E-state index is 5.15. The second-order valence-electron chi connectivity index (χ2n) is 18.1. The van der Waals surface area contributed by atoms with Gasteiger partial charge in [0.05, 0.1) is 0 Å². The van der Waals surface area contributed by atoms with Crippen LogP contribution >= 0.6 is 0 Å². The van der Waals surface area contributed by atoms with Gasteiger partial charge in [-0.05, 0) is 54.7 Å². The molecule has 0 N–H and O–H groups in total. The van der Waals surface area contributed by atoms with Crippen LogP contribution < -0.4 is 0 Å². The third-order valence-corrected chi connectivity index (χ3v) is 12.4. The van der Waals surface area contributed by atoms with Crippen molar-refractivity contribution in [1.29, 1.82) is 0 Å². The Morgan fingerprint density at radius 2 is 1.02 bits per heavy atom. The van der Waals surface area contributed by atoms with Gasteiger partial charge < -0.3 is 4.98 Å². The van der Waals surface area contributed by atoms with Crippen molar-refractivity contribution in [3.63, 3.8) is 0 Å². The Hall–Kier alpha value is -4.05. The molecule has 0 aliphatic heterocycles. The molecular weight excluding hydrogens is 813 g/mol. The first-order valence-electron chi connectivity index (χ1n) is 18.2. The van der Waals surface area contributed by atoms with E-state index in [2.05, 4.69) is 174 Å². The largest absolute Gasteiger partial charge is 0.303 e. The normalized spacial score (nSPS) is 16.0. The number of aromatic nitrogens is 4. The van der Waals surface area contributed by atoms with Gasteiger partial charge in [-0.25, -0.2) is 15.0 Å². The summed E-state index contributed by atoms with van der Waals surface area (Å²) in [6, 6.07) is 33.9. The molecular formula is C47H51IrN4-. The van der Waals surface area contributed by atoms with Gasteiger partial charge in [0.15, 0.2) is 17.5 Å². The average molecular weight is 864 g/mol. The number of hydrogen-bond donors (Lipinski definition) is 0. The van der Waals surface area contributed by atoms with Crippen molar-refractivity contribution in [3.8, 4) is 45.4 Å². The molecule has 2 heterocycles. The van der Waals surface area contributed by atoms with Crippen LogP contribution in [-0.2, 0) is 41.8 Å². The number of rotatable bonds is 4. The quantitative estimate of drug-likeness (QED) is 0.166. The third kappa shape index (κ3) is 6.14. The maximum Gasteiger partial charge on any atom is 0.166 e. The predicted octanol–water partition coefficient (Wildman–Crippen LogP) is 12.1. The number of pyridine rings is 1. The minimum Gasteiger partial charge on any atom is -0.303 e. The van der Waals surface area contributed by atoms with E-state index >= 15 is 0 Å². The van der Waals surface area contributed by atoms with Crippen LogP contribution in [0.25, 0.3) is 56.2 Å². The molecule has 1 aliphatic carbocycles. The fourth-order valence-electron chi connectivity index (χ4n) is 7.70. The van der Waals surface area contributed by atoms with Gasteiger partial charge in [0.25, 0.3) is 0 Å². The summed E-state index contributed by atoms with van der Waals surface area (Å²) < 4.78 is 0. The molecule has 0 bridgehead atoms. The molecule has 1 radical (unpaired) electrons. The standard InChI is InChI=1S/C47H51N4.Ir/c1-43(2,3)32-22-17-29(18-23-32)40-49-41(30-19-24-33(25-20-30)44(4,5)6)51-42(50-40)36-28-48-39(35-16-14-13-15-34(35)36)31-21-26-37-38(27-31)46(9,10)47(11,12)45(37,7)8;/h13-20,22-28H,1-12H3;/q-1;. The Balaban J connectivity index is 0.00000464. The van der Waals surface area contributed by atoms with E-state index in [1.807, 2.05) is 6.20 Å². The van der Waals surface area contributed by atoms with Crippen molar-refractivity contribution >= 4 is 10.8 Å². The Morgan fingerprint density at radius 3 is 1.52 bits per heavy atom. The van der Waals surface area contributed by atoms with E-state index in [9.17, 15) is 0 Å². The van der Waals surface area contributed by atoms with Gasteiger partial charge in [0.1, 0.15) is 0 Å². The van der Waals surface area contributed by atoms with Crippen molar-refractivity contribution in [2.45, 2.75) is 105 Å². The van der Waals surface area contributed by atoms with E-state index in [1.54, 1.807) is 0 Å². The Kier molecular flexibility index (Phi) is 9.29. The third-order valence-electron chi connectivity index (χ3n) is 12.4. The first kappa shape index (κ1) is 37.7. The summed E-state index contributed by atoms with van der Waals surface area (Å²) >= 11 is 0. The molecule has 0 atom stereocenters. The van der Waals surface area contributed by atoms with Crippen LogP contribution in [0, 0.1) is 11.5 Å². The first-order valence-corrected chi connectivity index (χ1v) is 18.2. The summed E-state index contributed by atoms with van der Waals surface area (Å²) in [4.78, 5) is 20.5. The molecule has 6 aromatic rings. The molecule has 0 saturated heterocycles. The van der Waals surface area contributed by atoms with Gasteiger partial charge >= 0.3 is 0 Å². The Bertz CT molecular complexity index is 2210. The van der Waals surface area contributed by atoms with Crippen molar-refractivity contribution in [3.05, 3.63) is 119 Å². The molecule has 0 saturated carbocycles. The molecule has 0 unspecified atom stereocenters. The van der Waals surface area contributed by atoms with E-state index in [4.69, 9.17) is 19.9 Å².